The molecule has 2 aromatic heterocycles. The Morgan fingerprint density at radius 2 is 1.61 bits per heavy atom. The lowest BCUT2D eigenvalue weighted by atomic mass is 9.95. The van der Waals surface area contributed by atoms with Crippen LogP contribution < -0.4 is 5.32 Å². The highest BCUT2D eigenvalue weighted by Gasteiger charge is 2.31. The van der Waals surface area contributed by atoms with Crippen LogP contribution in [0.4, 0.5) is 14.5 Å². The number of piperidine rings is 1. The average molecular weight is 723 g/mol. The van der Waals surface area contributed by atoms with Gasteiger partial charge in [-0.05, 0) is 64.2 Å². The Labute approximate surface area is 299 Å². The van der Waals surface area contributed by atoms with Crippen molar-refractivity contribution >= 4 is 35.0 Å². The summed E-state index contributed by atoms with van der Waals surface area (Å²) in [5, 5.41) is 7.23. The van der Waals surface area contributed by atoms with Gasteiger partial charge < -0.3 is 29.3 Å². The second-order valence-corrected chi connectivity index (χ2v) is 13.4. The maximum absolute atomic E-state index is 15.5. The van der Waals surface area contributed by atoms with Gasteiger partial charge in [-0.3, -0.25) is 19.1 Å². The first kappa shape index (κ1) is 36.1. The molecule has 0 spiro atoms. The molecule has 2 fully saturated rings. The van der Waals surface area contributed by atoms with Gasteiger partial charge in [0, 0.05) is 74.8 Å². The number of aromatic nitrogens is 4. The van der Waals surface area contributed by atoms with Crippen molar-refractivity contribution in [3.63, 3.8) is 0 Å². The van der Waals surface area contributed by atoms with Crippen molar-refractivity contribution in [2.45, 2.75) is 26.3 Å². The standard InChI is InChI=1S/C36H41ClF2N8O4/c1-22-28(21-47(42-22)17-18-51-4)25-7-8-27(32(39)31(25)38)30-20-40-33(44(30)3)34(48)41-24-5-6-26(29(37)19-24)36(50)46-15-13-45(14-16-46)35(49)23-9-11-43(2)12-10-23/h5-8,19-21,23H,9-18H2,1-4H3,(H,41,48). The summed E-state index contributed by atoms with van der Waals surface area (Å²) >= 11 is 6.53. The molecule has 0 aliphatic carbocycles. The van der Waals surface area contributed by atoms with Gasteiger partial charge in [0.2, 0.25) is 5.91 Å². The molecule has 2 aliphatic heterocycles. The Morgan fingerprint density at radius 1 is 0.941 bits per heavy atom. The number of carbonyl (C=O) groups excluding carboxylic acids is 3. The number of hydrogen-bond acceptors (Lipinski definition) is 7. The van der Waals surface area contributed by atoms with Gasteiger partial charge in [-0.1, -0.05) is 17.7 Å². The van der Waals surface area contributed by atoms with E-state index in [1.807, 2.05) is 4.90 Å². The highest BCUT2D eigenvalue weighted by atomic mass is 35.5. The number of imidazole rings is 1. The number of hydrogen-bond donors (Lipinski definition) is 1. The minimum Gasteiger partial charge on any atom is -0.383 e. The van der Waals surface area contributed by atoms with E-state index in [1.54, 1.807) is 41.9 Å². The summed E-state index contributed by atoms with van der Waals surface area (Å²) in [7, 11) is 5.16. The molecule has 3 amide bonds. The summed E-state index contributed by atoms with van der Waals surface area (Å²) in [4.78, 5) is 49.5. The van der Waals surface area contributed by atoms with E-state index in [9.17, 15) is 14.4 Å². The van der Waals surface area contributed by atoms with Crippen LogP contribution >= 0.6 is 11.6 Å². The van der Waals surface area contributed by atoms with Crippen molar-refractivity contribution in [2.75, 3.05) is 65.3 Å². The Hall–Kier alpha value is -4.66. The van der Waals surface area contributed by atoms with Crippen LogP contribution in [0.15, 0.2) is 42.7 Å². The molecule has 15 heteroatoms. The van der Waals surface area contributed by atoms with E-state index in [-0.39, 0.29) is 51.0 Å². The van der Waals surface area contributed by atoms with Gasteiger partial charge in [0.25, 0.3) is 11.8 Å². The number of anilines is 1. The second kappa shape index (κ2) is 15.3. The highest BCUT2D eigenvalue weighted by molar-refractivity contribution is 6.34. The van der Waals surface area contributed by atoms with Gasteiger partial charge in [-0.15, -0.1) is 0 Å². The zero-order chi connectivity index (χ0) is 36.4. The summed E-state index contributed by atoms with van der Waals surface area (Å²) in [6.07, 6.45) is 4.65. The number of likely N-dealkylation sites (tertiary alicyclic amines) is 1. The van der Waals surface area contributed by atoms with E-state index in [2.05, 4.69) is 27.3 Å². The third kappa shape index (κ3) is 7.53. The van der Waals surface area contributed by atoms with Crippen LogP contribution in [0.2, 0.25) is 5.02 Å². The maximum Gasteiger partial charge on any atom is 0.291 e. The van der Waals surface area contributed by atoms with E-state index in [0.717, 1.165) is 25.9 Å². The zero-order valence-corrected chi connectivity index (χ0v) is 29.8. The molecule has 2 saturated heterocycles. The first-order valence-electron chi connectivity index (χ1n) is 16.9. The zero-order valence-electron chi connectivity index (χ0n) is 29.1. The summed E-state index contributed by atoms with van der Waals surface area (Å²) < 4.78 is 39.0. The number of methoxy groups -OCH3 is 1. The minimum atomic E-state index is -1.08. The van der Waals surface area contributed by atoms with E-state index < -0.39 is 17.5 Å². The third-order valence-corrected chi connectivity index (χ3v) is 10.0. The van der Waals surface area contributed by atoms with Crippen molar-refractivity contribution in [1.82, 2.24) is 34.0 Å². The van der Waals surface area contributed by atoms with Gasteiger partial charge in [-0.25, -0.2) is 13.8 Å². The molecule has 4 aromatic rings. The monoisotopic (exact) mass is 722 g/mol. The molecule has 0 atom stereocenters. The fourth-order valence-corrected chi connectivity index (χ4v) is 6.94. The van der Waals surface area contributed by atoms with Crippen molar-refractivity contribution in [2.24, 2.45) is 13.0 Å². The lowest BCUT2D eigenvalue weighted by Gasteiger charge is -2.38. The molecule has 12 nitrogen and oxygen atoms in total. The van der Waals surface area contributed by atoms with Crippen LogP contribution in [-0.4, -0.2) is 112 Å². The average Bonchev–Trinajstić information content (AvgIpc) is 3.69. The van der Waals surface area contributed by atoms with Crippen LogP contribution in [0.3, 0.4) is 0 Å². The van der Waals surface area contributed by atoms with E-state index in [1.165, 1.54) is 36.0 Å². The Bertz CT molecular complexity index is 1950. The highest BCUT2D eigenvalue weighted by Crippen LogP contribution is 2.33. The molecular weight excluding hydrogens is 682 g/mol. The SMILES string of the molecule is COCCn1cc(-c2ccc(-c3cnc(C(=O)Nc4ccc(C(=O)N5CCN(C(=O)C6CCN(C)CC6)CC5)c(Cl)c4)n3C)c(F)c2F)c(C)n1. The molecule has 270 valence electrons. The fraction of sp³-hybridized carbons (Fsp3) is 0.417. The Morgan fingerprint density at radius 3 is 2.29 bits per heavy atom. The molecule has 2 aliphatic rings. The first-order chi connectivity index (χ1) is 24.5. The predicted octanol–water partition coefficient (Wildman–Crippen LogP) is 4.72. The quantitative estimate of drug-likeness (QED) is 0.266. The molecule has 0 bridgehead atoms. The largest absolute Gasteiger partial charge is 0.383 e. The van der Waals surface area contributed by atoms with E-state index in [0.29, 0.717) is 56.3 Å². The number of piperazine rings is 1. The lowest BCUT2D eigenvalue weighted by molar-refractivity contribution is -0.138. The smallest absolute Gasteiger partial charge is 0.291 e. The van der Waals surface area contributed by atoms with Crippen LogP contribution in [0.1, 0.15) is 39.5 Å². The van der Waals surface area contributed by atoms with Gasteiger partial charge in [0.1, 0.15) is 0 Å². The predicted molar refractivity (Wildman–Crippen MR) is 189 cm³/mol. The topological polar surface area (TPSA) is 118 Å². The molecule has 1 N–H and O–H groups in total. The molecule has 0 unspecified atom stereocenters. The van der Waals surface area contributed by atoms with Gasteiger partial charge in [0.15, 0.2) is 17.5 Å². The molecule has 2 aromatic carbocycles. The van der Waals surface area contributed by atoms with Crippen LogP contribution in [0.5, 0.6) is 0 Å². The Kier molecular flexibility index (Phi) is 10.8. The maximum atomic E-state index is 15.5. The summed E-state index contributed by atoms with van der Waals surface area (Å²) in [5.74, 6) is -2.84. The van der Waals surface area contributed by atoms with Crippen molar-refractivity contribution in [3.8, 4) is 22.4 Å². The number of amides is 3. The number of carbonyl (C=O) groups is 3. The van der Waals surface area contributed by atoms with Crippen LogP contribution in [-0.2, 0) is 23.1 Å². The van der Waals surface area contributed by atoms with Crippen molar-refractivity contribution < 1.29 is 27.9 Å². The van der Waals surface area contributed by atoms with E-state index >= 15 is 8.78 Å². The van der Waals surface area contributed by atoms with Crippen molar-refractivity contribution in [1.29, 1.82) is 0 Å². The van der Waals surface area contributed by atoms with Gasteiger partial charge in [0.05, 0.1) is 41.3 Å². The van der Waals surface area contributed by atoms with Crippen LogP contribution in [0.25, 0.3) is 22.4 Å². The number of halogens is 3. The molecule has 0 saturated carbocycles. The normalized spacial score (nSPS) is 15.7. The second-order valence-electron chi connectivity index (χ2n) is 13.0. The molecule has 4 heterocycles. The van der Waals surface area contributed by atoms with Gasteiger partial charge >= 0.3 is 0 Å². The number of nitrogens with one attached hydrogen (secondary N) is 1. The van der Waals surface area contributed by atoms with Crippen LogP contribution in [0, 0.1) is 24.5 Å². The van der Waals surface area contributed by atoms with E-state index in [4.69, 9.17) is 16.3 Å². The van der Waals surface area contributed by atoms with Crippen molar-refractivity contribution in [3.05, 3.63) is 76.5 Å². The summed E-state index contributed by atoms with van der Waals surface area (Å²) in [5.41, 5.74) is 1.81. The van der Waals surface area contributed by atoms with Gasteiger partial charge in [-0.2, -0.15) is 5.10 Å². The molecular formula is C36H41ClF2N8O4. The fourth-order valence-electron chi connectivity index (χ4n) is 6.68. The Balaban J connectivity index is 1.09. The molecule has 51 heavy (non-hydrogen) atoms. The number of rotatable bonds is 9. The number of nitrogens with zero attached hydrogens (tertiary/aromatic N) is 7. The first-order valence-corrected chi connectivity index (χ1v) is 17.3. The number of aryl methyl sites for hydroxylation is 1. The lowest BCUT2D eigenvalue weighted by Crippen LogP contribution is -2.52. The summed E-state index contributed by atoms with van der Waals surface area (Å²) in [6, 6.07) is 7.51. The number of benzene rings is 2. The summed E-state index contributed by atoms with van der Waals surface area (Å²) in [6.45, 7) is 6.17. The minimum absolute atomic E-state index is 0.0344. The third-order valence-electron chi connectivity index (χ3n) is 9.71. The number of ether oxygens (including phenoxy) is 1. The molecule has 0 radical (unpaired) electrons. The molecule has 6 rings (SSSR count).